The topological polar surface area (TPSA) is 69.6 Å². The number of nitrogens with one attached hydrogen (secondary N) is 1. The van der Waals surface area contributed by atoms with Crippen molar-refractivity contribution in [1.82, 2.24) is 10.2 Å². The molecule has 0 radical (unpaired) electrons. The molecule has 0 bridgehead atoms. The van der Waals surface area contributed by atoms with Crippen molar-refractivity contribution >= 4 is 11.9 Å². The van der Waals surface area contributed by atoms with Crippen molar-refractivity contribution in [3.05, 3.63) is 0 Å². The van der Waals surface area contributed by atoms with Crippen LogP contribution in [0.1, 0.15) is 46.0 Å². The van der Waals surface area contributed by atoms with Crippen LogP contribution in [-0.2, 0) is 9.59 Å². The molecular weight excluding hydrogens is 256 g/mol. The van der Waals surface area contributed by atoms with Crippen molar-refractivity contribution in [2.45, 2.75) is 52.0 Å². The van der Waals surface area contributed by atoms with Crippen LogP contribution in [0, 0.1) is 11.3 Å². The van der Waals surface area contributed by atoms with Gasteiger partial charge in [-0.1, -0.05) is 19.8 Å². The molecule has 2 rings (SSSR count). The number of nitrogens with zero attached hydrogens (tertiary/aromatic N) is 1. The van der Waals surface area contributed by atoms with E-state index in [0.29, 0.717) is 13.1 Å². The van der Waals surface area contributed by atoms with Crippen LogP contribution in [0.3, 0.4) is 0 Å². The van der Waals surface area contributed by atoms with Gasteiger partial charge >= 0.3 is 5.97 Å². The number of amides is 1. The quantitative estimate of drug-likeness (QED) is 0.724. The zero-order chi connectivity index (χ0) is 14.8. The van der Waals surface area contributed by atoms with E-state index in [2.05, 4.69) is 17.1 Å². The average molecular weight is 282 g/mol. The Morgan fingerprint density at radius 3 is 2.85 bits per heavy atom. The predicted octanol–water partition coefficient (Wildman–Crippen LogP) is 1.48. The molecule has 1 amide bonds. The summed E-state index contributed by atoms with van der Waals surface area (Å²) >= 11 is 0. The molecule has 1 aliphatic heterocycles. The van der Waals surface area contributed by atoms with Crippen LogP contribution in [0.2, 0.25) is 0 Å². The van der Waals surface area contributed by atoms with E-state index in [1.165, 1.54) is 0 Å². The Bertz CT molecular complexity index is 385. The summed E-state index contributed by atoms with van der Waals surface area (Å²) in [7, 11) is 0. The largest absolute Gasteiger partial charge is 0.481 e. The number of fused-ring (bicyclic) bond motifs is 1. The van der Waals surface area contributed by atoms with Gasteiger partial charge in [-0.05, 0) is 32.1 Å². The molecule has 0 aromatic heterocycles. The third kappa shape index (κ3) is 2.68. The first-order valence-electron chi connectivity index (χ1n) is 7.76. The zero-order valence-electron chi connectivity index (χ0n) is 12.5. The number of carboxylic acid groups (broad SMARTS) is 1. The summed E-state index contributed by atoms with van der Waals surface area (Å²) in [6.45, 7) is 5.96. The molecule has 5 nitrogen and oxygen atoms in total. The summed E-state index contributed by atoms with van der Waals surface area (Å²) in [5.41, 5.74) is -0.599. The lowest BCUT2D eigenvalue weighted by Gasteiger charge is -2.26. The van der Waals surface area contributed by atoms with Crippen LogP contribution < -0.4 is 5.32 Å². The van der Waals surface area contributed by atoms with Crippen molar-refractivity contribution in [2.75, 3.05) is 19.6 Å². The minimum atomic E-state index is -0.680. The summed E-state index contributed by atoms with van der Waals surface area (Å²) in [4.78, 5) is 25.8. The molecule has 1 unspecified atom stereocenters. The number of likely N-dealkylation sites (tertiary alicyclic amines) is 1. The second-order valence-electron chi connectivity index (χ2n) is 6.30. The molecule has 2 N–H and O–H groups in total. The highest BCUT2D eigenvalue weighted by atomic mass is 16.4. The highest BCUT2D eigenvalue weighted by molar-refractivity contribution is 5.82. The Morgan fingerprint density at radius 1 is 1.50 bits per heavy atom. The number of carboxylic acids is 1. The molecule has 2 fully saturated rings. The molecule has 0 aromatic carbocycles. The highest BCUT2D eigenvalue weighted by Gasteiger charge is 2.55. The number of carbonyl (C=O) groups excluding carboxylic acids is 1. The summed E-state index contributed by atoms with van der Waals surface area (Å²) in [5, 5.41) is 12.5. The molecule has 1 saturated heterocycles. The molecule has 0 spiro atoms. The summed E-state index contributed by atoms with van der Waals surface area (Å²) < 4.78 is 0. The van der Waals surface area contributed by atoms with Crippen LogP contribution in [0.4, 0.5) is 0 Å². The summed E-state index contributed by atoms with van der Waals surface area (Å²) in [6.07, 6.45) is 4.78. The Balaban J connectivity index is 1.95. The van der Waals surface area contributed by atoms with Crippen molar-refractivity contribution in [3.63, 3.8) is 0 Å². The molecule has 0 aromatic rings. The first-order valence-corrected chi connectivity index (χ1v) is 7.76. The van der Waals surface area contributed by atoms with E-state index in [9.17, 15) is 14.7 Å². The number of hydrogen-bond donors (Lipinski definition) is 2. The Morgan fingerprint density at radius 2 is 2.25 bits per heavy atom. The van der Waals surface area contributed by atoms with Crippen LogP contribution in [0.25, 0.3) is 0 Å². The highest BCUT2D eigenvalue weighted by Crippen LogP contribution is 2.49. The Kier molecular flexibility index (Phi) is 4.68. The van der Waals surface area contributed by atoms with Gasteiger partial charge < -0.3 is 10.4 Å². The van der Waals surface area contributed by atoms with E-state index in [1.807, 2.05) is 6.92 Å². The van der Waals surface area contributed by atoms with Crippen LogP contribution in [-0.4, -0.2) is 47.6 Å². The average Bonchev–Trinajstić information content (AvgIpc) is 2.95. The Labute approximate surface area is 120 Å². The molecule has 114 valence electrons. The fraction of sp³-hybridized carbons (Fsp3) is 0.867. The summed E-state index contributed by atoms with van der Waals surface area (Å²) in [6, 6.07) is -0.228. The van der Waals surface area contributed by atoms with Crippen molar-refractivity contribution in [2.24, 2.45) is 11.3 Å². The van der Waals surface area contributed by atoms with Crippen molar-refractivity contribution < 1.29 is 14.7 Å². The molecule has 1 saturated carbocycles. The number of aliphatic carboxylic acids is 1. The lowest BCUT2D eigenvalue weighted by atomic mass is 9.81. The van der Waals surface area contributed by atoms with Crippen molar-refractivity contribution in [1.29, 1.82) is 0 Å². The third-order valence-electron chi connectivity index (χ3n) is 5.08. The maximum atomic E-state index is 12.1. The van der Waals surface area contributed by atoms with Gasteiger partial charge in [0, 0.05) is 19.6 Å². The third-order valence-corrected chi connectivity index (χ3v) is 5.08. The minimum Gasteiger partial charge on any atom is -0.481 e. The maximum absolute atomic E-state index is 12.1. The Hall–Kier alpha value is -1.10. The molecule has 3 atom stereocenters. The number of rotatable bonds is 6. The lowest BCUT2D eigenvalue weighted by Crippen LogP contribution is -2.46. The van der Waals surface area contributed by atoms with E-state index in [4.69, 9.17) is 0 Å². The number of carbonyl (C=O) groups is 2. The zero-order valence-corrected chi connectivity index (χ0v) is 12.5. The van der Waals surface area contributed by atoms with Crippen molar-refractivity contribution in [3.8, 4) is 0 Å². The predicted molar refractivity (Wildman–Crippen MR) is 76.4 cm³/mol. The van der Waals surface area contributed by atoms with E-state index in [1.54, 1.807) is 0 Å². The smallest absolute Gasteiger partial charge is 0.311 e. The summed E-state index contributed by atoms with van der Waals surface area (Å²) in [5.74, 6) is -0.439. The lowest BCUT2D eigenvalue weighted by molar-refractivity contribution is -0.149. The van der Waals surface area contributed by atoms with Gasteiger partial charge in [-0.25, -0.2) is 0 Å². The van der Waals surface area contributed by atoms with Crippen LogP contribution in [0.5, 0.6) is 0 Å². The second kappa shape index (κ2) is 6.12. The van der Waals surface area contributed by atoms with Gasteiger partial charge in [-0.2, -0.15) is 0 Å². The van der Waals surface area contributed by atoms with E-state index >= 15 is 0 Å². The fourth-order valence-corrected chi connectivity index (χ4v) is 3.67. The standard InChI is InChI=1S/C15H26N2O3/c1-3-4-8-16-13(18)11(2)17-9-12-6-5-7-15(12,10-17)14(19)20/h11-12H,3-10H2,1-2H3,(H,16,18)(H,19,20)/t11?,12-,15+/m0/s1. The molecule has 5 heteroatoms. The van der Waals surface area contributed by atoms with Gasteiger partial charge in [0.15, 0.2) is 0 Å². The van der Waals surface area contributed by atoms with Gasteiger partial charge in [0.1, 0.15) is 0 Å². The van der Waals surface area contributed by atoms with Gasteiger partial charge in [-0.3, -0.25) is 14.5 Å². The fourth-order valence-electron chi connectivity index (χ4n) is 3.67. The normalized spacial score (nSPS) is 31.0. The molecule has 1 aliphatic carbocycles. The second-order valence-corrected chi connectivity index (χ2v) is 6.30. The molecule has 2 aliphatic rings. The van der Waals surface area contributed by atoms with E-state index in [0.717, 1.165) is 38.6 Å². The van der Waals surface area contributed by atoms with E-state index < -0.39 is 11.4 Å². The minimum absolute atomic E-state index is 0.0268. The van der Waals surface area contributed by atoms with Gasteiger partial charge in [0.05, 0.1) is 11.5 Å². The maximum Gasteiger partial charge on any atom is 0.311 e. The number of hydrogen-bond acceptors (Lipinski definition) is 3. The SMILES string of the molecule is CCCCNC(=O)C(C)N1C[C@@H]2CCC[C@@]2(C(=O)O)C1. The van der Waals surface area contributed by atoms with Gasteiger partial charge in [0.25, 0.3) is 0 Å². The van der Waals surface area contributed by atoms with Gasteiger partial charge in [-0.15, -0.1) is 0 Å². The van der Waals surface area contributed by atoms with Gasteiger partial charge in [0.2, 0.25) is 5.91 Å². The monoisotopic (exact) mass is 282 g/mol. The van der Waals surface area contributed by atoms with E-state index in [-0.39, 0.29) is 17.9 Å². The van der Waals surface area contributed by atoms with Crippen LogP contribution >= 0.6 is 0 Å². The molecular formula is C15H26N2O3. The number of unbranched alkanes of at least 4 members (excludes halogenated alkanes) is 1. The van der Waals surface area contributed by atoms with Crippen LogP contribution in [0.15, 0.2) is 0 Å². The molecule has 1 heterocycles. The molecule has 20 heavy (non-hydrogen) atoms. The first kappa shape index (κ1) is 15.3. The first-order chi connectivity index (χ1) is 9.51.